The van der Waals surface area contributed by atoms with E-state index in [1.165, 1.54) is 5.56 Å². The Hall–Kier alpha value is -2.61. The second kappa shape index (κ2) is 10.5. The summed E-state index contributed by atoms with van der Waals surface area (Å²) in [7, 11) is 2.13. The lowest BCUT2D eigenvalue weighted by molar-refractivity contribution is 0.102. The van der Waals surface area contributed by atoms with Gasteiger partial charge in [-0.3, -0.25) is 4.79 Å². The van der Waals surface area contributed by atoms with Gasteiger partial charge in [-0.25, -0.2) is 9.97 Å². The number of aryl methyl sites for hydroxylation is 2. The fourth-order valence-corrected chi connectivity index (χ4v) is 4.61. The zero-order valence-corrected chi connectivity index (χ0v) is 20.7. The minimum absolute atomic E-state index is 0.118. The predicted molar refractivity (Wildman–Crippen MR) is 137 cm³/mol. The van der Waals surface area contributed by atoms with Gasteiger partial charge in [0.15, 0.2) is 5.16 Å². The van der Waals surface area contributed by atoms with Crippen LogP contribution in [0, 0.1) is 13.8 Å². The summed E-state index contributed by atoms with van der Waals surface area (Å²) in [4.78, 5) is 26.2. The summed E-state index contributed by atoms with van der Waals surface area (Å²) in [5.74, 6) is 1.46. The van der Waals surface area contributed by atoms with Crippen LogP contribution in [0.2, 0.25) is 5.15 Å². The van der Waals surface area contributed by atoms with E-state index in [2.05, 4.69) is 34.1 Å². The zero-order valence-electron chi connectivity index (χ0n) is 19.1. The summed E-state index contributed by atoms with van der Waals surface area (Å²) in [6.07, 6.45) is 0. The topological polar surface area (TPSA) is 61.4 Å². The number of amides is 1. The number of piperazine rings is 1. The monoisotopic (exact) mass is 481 g/mol. The van der Waals surface area contributed by atoms with Crippen molar-refractivity contribution >= 4 is 40.8 Å². The molecule has 1 aliphatic heterocycles. The lowest BCUT2D eigenvalue weighted by Crippen LogP contribution is -2.44. The molecule has 6 nitrogen and oxygen atoms in total. The SMILES string of the molecule is Cc1ccc(NC(=O)c2ccc(CSc3nc(Cl)cc(N4CCN(C)CC4)n3)cc2)cc1C. The second-order valence-corrected chi connectivity index (χ2v) is 9.69. The van der Waals surface area contributed by atoms with Crippen LogP contribution in [0.4, 0.5) is 11.5 Å². The van der Waals surface area contributed by atoms with Gasteiger partial charge in [0.25, 0.3) is 5.91 Å². The lowest BCUT2D eigenvalue weighted by Gasteiger charge is -2.33. The van der Waals surface area contributed by atoms with Crippen molar-refractivity contribution in [3.63, 3.8) is 0 Å². The maximum atomic E-state index is 12.6. The predicted octanol–water partition coefficient (Wildman–Crippen LogP) is 5.04. The van der Waals surface area contributed by atoms with Gasteiger partial charge in [0.2, 0.25) is 0 Å². The number of anilines is 2. The third-order valence-electron chi connectivity index (χ3n) is 5.84. The van der Waals surface area contributed by atoms with Gasteiger partial charge >= 0.3 is 0 Å². The van der Waals surface area contributed by atoms with Crippen molar-refractivity contribution in [2.75, 3.05) is 43.4 Å². The quantitative estimate of drug-likeness (QED) is 0.302. The van der Waals surface area contributed by atoms with Crippen LogP contribution in [-0.2, 0) is 5.75 Å². The number of halogens is 1. The van der Waals surface area contributed by atoms with E-state index in [0.29, 0.717) is 21.6 Å². The van der Waals surface area contributed by atoms with Crippen LogP contribution in [-0.4, -0.2) is 54.0 Å². The summed E-state index contributed by atoms with van der Waals surface area (Å²) in [6, 6.07) is 15.4. The molecule has 0 saturated carbocycles. The van der Waals surface area contributed by atoms with Crippen LogP contribution in [0.25, 0.3) is 0 Å². The first-order valence-electron chi connectivity index (χ1n) is 11.0. The molecule has 1 N–H and O–H groups in total. The van der Waals surface area contributed by atoms with Crippen LogP contribution in [0.5, 0.6) is 0 Å². The summed E-state index contributed by atoms with van der Waals surface area (Å²) in [5, 5.41) is 4.08. The van der Waals surface area contributed by atoms with Crippen LogP contribution >= 0.6 is 23.4 Å². The summed E-state index contributed by atoms with van der Waals surface area (Å²) >= 11 is 7.82. The number of nitrogens with zero attached hydrogens (tertiary/aromatic N) is 4. The highest BCUT2D eigenvalue weighted by Gasteiger charge is 2.17. The third kappa shape index (κ3) is 6.25. The number of nitrogens with one attached hydrogen (secondary N) is 1. The molecule has 2 aromatic carbocycles. The summed E-state index contributed by atoms with van der Waals surface area (Å²) < 4.78 is 0. The second-order valence-electron chi connectivity index (χ2n) is 8.36. The first-order valence-corrected chi connectivity index (χ1v) is 12.3. The van der Waals surface area contributed by atoms with Gasteiger partial charge in [-0.05, 0) is 61.9 Å². The van der Waals surface area contributed by atoms with E-state index in [1.54, 1.807) is 11.8 Å². The highest BCUT2D eigenvalue weighted by Crippen LogP contribution is 2.25. The van der Waals surface area contributed by atoms with Gasteiger partial charge < -0.3 is 15.1 Å². The molecule has 0 unspecified atom stereocenters. The number of aromatic nitrogens is 2. The molecular formula is C25H28ClN5OS. The van der Waals surface area contributed by atoms with Crippen molar-refractivity contribution in [3.8, 4) is 0 Å². The maximum absolute atomic E-state index is 12.6. The molecule has 33 heavy (non-hydrogen) atoms. The molecule has 1 amide bonds. The molecule has 1 aromatic heterocycles. The fraction of sp³-hybridized carbons (Fsp3) is 0.320. The summed E-state index contributed by atoms with van der Waals surface area (Å²) in [6.45, 7) is 7.97. The number of rotatable bonds is 6. The molecular weight excluding hydrogens is 454 g/mol. The number of likely N-dealkylation sites (N-methyl/N-ethyl adjacent to an activating group) is 1. The largest absolute Gasteiger partial charge is 0.354 e. The van der Waals surface area contributed by atoms with Gasteiger partial charge in [-0.15, -0.1) is 0 Å². The number of carbonyl (C=O) groups is 1. The smallest absolute Gasteiger partial charge is 0.255 e. The zero-order chi connectivity index (χ0) is 23.4. The first-order chi connectivity index (χ1) is 15.9. The molecule has 2 heterocycles. The standard InChI is InChI=1S/C25H28ClN5OS/c1-17-4-9-21(14-18(17)2)27-24(32)20-7-5-19(6-8-20)16-33-25-28-22(26)15-23(29-25)31-12-10-30(3)11-13-31/h4-9,14-15H,10-13,16H2,1-3H3,(H,27,32). The van der Waals surface area contributed by atoms with E-state index in [4.69, 9.17) is 16.6 Å². The lowest BCUT2D eigenvalue weighted by atomic mass is 10.1. The molecule has 0 aliphatic carbocycles. The van der Waals surface area contributed by atoms with Gasteiger partial charge in [0.1, 0.15) is 11.0 Å². The van der Waals surface area contributed by atoms with E-state index in [-0.39, 0.29) is 5.91 Å². The highest BCUT2D eigenvalue weighted by molar-refractivity contribution is 7.98. The molecule has 0 bridgehead atoms. The average molecular weight is 482 g/mol. The molecule has 172 valence electrons. The van der Waals surface area contributed by atoms with E-state index < -0.39 is 0 Å². The van der Waals surface area contributed by atoms with Gasteiger partial charge in [-0.2, -0.15) is 0 Å². The van der Waals surface area contributed by atoms with Gasteiger partial charge in [0.05, 0.1) is 0 Å². The molecule has 0 atom stereocenters. The molecule has 4 rings (SSSR count). The maximum Gasteiger partial charge on any atom is 0.255 e. The van der Waals surface area contributed by atoms with Crippen molar-refractivity contribution in [1.29, 1.82) is 0 Å². The normalized spacial score (nSPS) is 14.4. The molecule has 8 heteroatoms. The molecule has 0 spiro atoms. The van der Waals surface area contributed by atoms with E-state index in [0.717, 1.165) is 48.8 Å². The fourth-order valence-electron chi connectivity index (χ4n) is 3.57. The van der Waals surface area contributed by atoms with Crippen molar-refractivity contribution < 1.29 is 4.79 Å². The molecule has 3 aromatic rings. The minimum Gasteiger partial charge on any atom is -0.354 e. The third-order valence-corrected chi connectivity index (χ3v) is 6.95. The van der Waals surface area contributed by atoms with Crippen LogP contribution < -0.4 is 10.2 Å². The number of benzene rings is 2. The Morgan fingerprint density at radius 3 is 2.42 bits per heavy atom. The number of thioether (sulfide) groups is 1. The van der Waals surface area contributed by atoms with E-state index >= 15 is 0 Å². The highest BCUT2D eigenvalue weighted by atomic mass is 35.5. The number of hydrogen-bond acceptors (Lipinski definition) is 6. The number of hydrogen-bond donors (Lipinski definition) is 1. The van der Waals surface area contributed by atoms with Crippen molar-refractivity contribution in [2.24, 2.45) is 0 Å². The summed E-state index contributed by atoms with van der Waals surface area (Å²) in [5.41, 5.74) is 4.87. The molecule has 0 radical (unpaired) electrons. The minimum atomic E-state index is -0.118. The number of carbonyl (C=O) groups excluding carboxylic acids is 1. The van der Waals surface area contributed by atoms with Crippen LogP contribution in [0.3, 0.4) is 0 Å². The molecule has 1 saturated heterocycles. The van der Waals surface area contributed by atoms with Crippen LogP contribution in [0.15, 0.2) is 53.7 Å². The average Bonchev–Trinajstić information content (AvgIpc) is 2.80. The Morgan fingerprint density at radius 2 is 1.73 bits per heavy atom. The first kappa shape index (κ1) is 23.5. The Labute approximate surface area is 204 Å². The van der Waals surface area contributed by atoms with E-state index in [9.17, 15) is 4.79 Å². The Bertz CT molecular complexity index is 1130. The van der Waals surface area contributed by atoms with Gasteiger partial charge in [-0.1, -0.05) is 41.6 Å². The Balaban J connectivity index is 1.36. The molecule has 1 fully saturated rings. The van der Waals surface area contributed by atoms with Crippen molar-refractivity contribution in [1.82, 2.24) is 14.9 Å². The van der Waals surface area contributed by atoms with Crippen LogP contribution in [0.1, 0.15) is 27.0 Å². The molecule has 1 aliphatic rings. The Kier molecular flexibility index (Phi) is 7.53. The Morgan fingerprint density at radius 1 is 1.00 bits per heavy atom. The van der Waals surface area contributed by atoms with E-state index in [1.807, 2.05) is 55.5 Å². The van der Waals surface area contributed by atoms with Gasteiger partial charge in [0, 0.05) is 49.2 Å². The van der Waals surface area contributed by atoms with Crippen molar-refractivity contribution in [2.45, 2.75) is 24.8 Å². The van der Waals surface area contributed by atoms with Crippen molar-refractivity contribution in [3.05, 3.63) is 75.9 Å².